The lowest BCUT2D eigenvalue weighted by Crippen LogP contribution is -2.32. The number of Topliss-reactive ketones (excluding diaryl/α,β-unsaturated/α-hetero) is 1. The number of hydrogen-bond acceptors (Lipinski definition) is 3. The first-order valence-electron chi connectivity index (χ1n) is 6.33. The van der Waals surface area contributed by atoms with Gasteiger partial charge in [-0.15, -0.1) is 0 Å². The van der Waals surface area contributed by atoms with Crippen LogP contribution in [0.2, 0.25) is 0 Å². The SMILES string of the molecule is CCOc1ccc(C2(O)CCC(=O)CC2)c(F)c1F. The van der Waals surface area contributed by atoms with Crippen molar-refractivity contribution in [3.05, 3.63) is 29.3 Å². The predicted octanol–water partition coefficient (Wildman–Crippen LogP) is 2.69. The highest BCUT2D eigenvalue weighted by Crippen LogP contribution is 2.39. The van der Waals surface area contributed by atoms with Crippen molar-refractivity contribution in [2.24, 2.45) is 0 Å². The minimum atomic E-state index is -1.47. The number of ether oxygens (including phenoxy) is 1. The van der Waals surface area contributed by atoms with Crippen molar-refractivity contribution in [3.63, 3.8) is 0 Å². The summed E-state index contributed by atoms with van der Waals surface area (Å²) in [7, 11) is 0. The fourth-order valence-corrected chi connectivity index (χ4v) is 2.37. The van der Waals surface area contributed by atoms with Gasteiger partial charge in [-0.3, -0.25) is 4.79 Å². The molecule has 1 fully saturated rings. The number of halogens is 2. The summed E-state index contributed by atoms with van der Waals surface area (Å²) in [5, 5.41) is 10.4. The summed E-state index contributed by atoms with van der Waals surface area (Å²) in [5.41, 5.74) is -1.57. The minimum Gasteiger partial charge on any atom is -0.491 e. The zero-order valence-corrected chi connectivity index (χ0v) is 10.7. The summed E-state index contributed by atoms with van der Waals surface area (Å²) in [6.07, 6.45) is 0.613. The van der Waals surface area contributed by atoms with E-state index in [-0.39, 0.29) is 49.4 Å². The van der Waals surface area contributed by atoms with Crippen molar-refractivity contribution in [3.8, 4) is 5.75 Å². The van der Waals surface area contributed by atoms with Crippen LogP contribution in [-0.4, -0.2) is 17.5 Å². The van der Waals surface area contributed by atoms with Crippen molar-refractivity contribution in [2.75, 3.05) is 6.61 Å². The van der Waals surface area contributed by atoms with E-state index in [0.29, 0.717) is 0 Å². The molecular formula is C14H16F2O3. The molecule has 1 aliphatic rings. The first-order valence-corrected chi connectivity index (χ1v) is 6.33. The zero-order chi connectivity index (χ0) is 14.0. The Morgan fingerprint density at radius 3 is 2.47 bits per heavy atom. The number of hydrogen-bond donors (Lipinski definition) is 1. The van der Waals surface area contributed by atoms with Crippen molar-refractivity contribution < 1.29 is 23.4 Å². The lowest BCUT2D eigenvalue weighted by atomic mass is 9.79. The Hall–Kier alpha value is -1.49. The molecule has 5 heteroatoms. The fourth-order valence-electron chi connectivity index (χ4n) is 2.37. The van der Waals surface area contributed by atoms with E-state index >= 15 is 0 Å². The van der Waals surface area contributed by atoms with E-state index < -0.39 is 17.2 Å². The third kappa shape index (κ3) is 2.61. The van der Waals surface area contributed by atoms with E-state index in [0.717, 1.165) is 0 Å². The molecule has 1 aliphatic carbocycles. The van der Waals surface area contributed by atoms with Crippen LogP contribution in [0.15, 0.2) is 12.1 Å². The molecule has 0 aromatic heterocycles. The predicted molar refractivity (Wildman–Crippen MR) is 64.9 cm³/mol. The van der Waals surface area contributed by atoms with Crippen molar-refractivity contribution in [2.45, 2.75) is 38.2 Å². The molecule has 0 saturated heterocycles. The monoisotopic (exact) mass is 270 g/mol. The highest BCUT2D eigenvalue weighted by molar-refractivity contribution is 5.79. The van der Waals surface area contributed by atoms with Gasteiger partial charge in [0.15, 0.2) is 11.6 Å². The molecule has 3 nitrogen and oxygen atoms in total. The first kappa shape index (κ1) is 13.9. The molecule has 0 atom stereocenters. The van der Waals surface area contributed by atoms with Gasteiger partial charge < -0.3 is 9.84 Å². The maximum Gasteiger partial charge on any atom is 0.200 e. The van der Waals surface area contributed by atoms with Gasteiger partial charge in [0.2, 0.25) is 5.82 Å². The number of ketones is 1. The number of carbonyl (C=O) groups is 1. The van der Waals surface area contributed by atoms with Gasteiger partial charge in [0.25, 0.3) is 0 Å². The van der Waals surface area contributed by atoms with Gasteiger partial charge >= 0.3 is 0 Å². The van der Waals surface area contributed by atoms with Crippen molar-refractivity contribution in [1.82, 2.24) is 0 Å². The zero-order valence-electron chi connectivity index (χ0n) is 10.7. The summed E-state index contributed by atoms with van der Waals surface area (Å²) in [5.74, 6) is -2.32. The highest BCUT2D eigenvalue weighted by Gasteiger charge is 2.37. The highest BCUT2D eigenvalue weighted by atomic mass is 19.2. The third-order valence-electron chi connectivity index (χ3n) is 3.48. The van der Waals surface area contributed by atoms with Gasteiger partial charge in [-0.05, 0) is 31.9 Å². The molecule has 0 unspecified atom stereocenters. The molecule has 0 spiro atoms. The van der Waals surface area contributed by atoms with Crippen LogP contribution < -0.4 is 4.74 Å². The van der Waals surface area contributed by atoms with Gasteiger partial charge in [0.05, 0.1) is 12.2 Å². The maximum atomic E-state index is 14.0. The molecule has 1 aromatic rings. The van der Waals surface area contributed by atoms with Crippen LogP contribution in [0.1, 0.15) is 38.2 Å². The Balaban J connectivity index is 2.35. The Morgan fingerprint density at radius 2 is 1.89 bits per heavy atom. The quantitative estimate of drug-likeness (QED) is 0.918. The van der Waals surface area contributed by atoms with Crippen LogP contribution in [0.5, 0.6) is 5.75 Å². The van der Waals surface area contributed by atoms with Gasteiger partial charge in [0, 0.05) is 18.4 Å². The second kappa shape index (κ2) is 5.25. The lowest BCUT2D eigenvalue weighted by Gasteiger charge is -2.32. The summed E-state index contributed by atoms with van der Waals surface area (Å²) in [6, 6.07) is 2.64. The Labute approximate surface area is 110 Å². The number of benzene rings is 1. The average molecular weight is 270 g/mol. The van der Waals surface area contributed by atoms with E-state index in [1.807, 2.05) is 0 Å². The molecule has 0 heterocycles. The van der Waals surface area contributed by atoms with Crippen LogP contribution in [0, 0.1) is 11.6 Å². The van der Waals surface area contributed by atoms with Crippen LogP contribution >= 0.6 is 0 Å². The second-order valence-corrected chi connectivity index (χ2v) is 4.74. The fraction of sp³-hybridized carbons (Fsp3) is 0.500. The first-order chi connectivity index (χ1) is 8.98. The van der Waals surface area contributed by atoms with Gasteiger partial charge in [0.1, 0.15) is 5.78 Å². The molecule has 2 rings (SSSR count). The molecule has 1 aromatic carbocycles. The molecule has 0 aliphatic heterocycles. The Morgan fingerprint density at radius 1 is 1.26 bits per heavy atom. The van der Waals surface area contributed by atoms with Crippen molar-refractivity contribution in [1.29, 1.82) is 0 Å². The van der Waals surface area contributed by atoms with E-state index in [4.69, 9.17) is 4.74 Å². The van der Waals surface area contributed by atoms with Crippen LogP contribution in [-0.2, 0) is 10.4 Å². The number of carbonyl (C=O) groups excluding carboxylic acids is 1. The topological polar surface area (TPSA) is 46.5 Å². The average Bonchev–Trinajstić information content (AvgIpc) is 2.39. The van der Waals surface area contributed by atoms with Gasteiger partial charge in [-0.2, -0.15) is 4.39 Å². The molecular weight excluding hydrogens is 254 g/mol. The molecule has 0 bridgehead atoms. The Kier molecular flexibility index (Phi) is 3.85. The van der Waals surface area contributed by atoms with Crippen molar-refractivity contribution >= 4 is 5.78 Å². The molecule has 104 valence electrons. The standard InChI is InChI=1S/C14H16F2O3/c1-2-19-11-4-3-10(12(15)13(11)16)14(18)7-5-9(17)6-8-14/h3-4,18H,2,5-8H2,1H3. The largest absolute Gasteiger partial charge is 0.491 e. The van der Waals surface area contributed by atoms with Crippen LogP contribution in [0.3, 0.4) is 0 Å². The maximum absolute atomic E-state index is 14.0. The van der Waals surface area contributed by atoms with E-state index in [1.165, 1.54) is 12.1 Å². The van der Waals surface area contributed by atoms with E-state index in [1.54, 1.807) is 6.92 Å². The van der Waals surface area contributed by atoms with Crippen LogP contribution in [0.25, 0.3) is 0 Å². The van der Waals surface area contributed by atoms with Gasteiger partial charge in [-0.25, -0.2) is 4.39 Å². The summed E-state index contributed by atoms with van der Waals surface area (Å²) < 4.78 is 32.7. The summed E-state index contributed by atoms with van der Waals surface area (Å²) >= 11 is 0. The molecule has 0 radical (unpaired) electrons. The van der Waals surface area contributed by atoms with Gasteiger partial charge in [-0.1, -0.05) is 0 Å². The summed E-state index contributed by atoms with van der Waals surface area (Å²) in [6.45, 7) is 1.90. The second-order valence-electron chi connectivity index (χ2n) is 4.74. The third-order valence-corrected chi connectivity index (χ3v) is 3.48. The van der Waals surface area contributed by atoms with Crippen LogP contribution in [0.4, 0.5) is 8.78 Å². The number of rotatable bonds is 3. The molecule has 1 N–H and O–H groups in total. The summed E-state index contributed by atoms with van der Waals surface area (Å²) in [4.78, 5) is 11.2. The number of aliphatic hydroxyl groups is 1. The molecule has 0 amide bonds. The van der Waals surface area contributed by atoms with E-state index in [9.17, 15) is 18.7 Å². The molecule has 1 saturated carbocycles. The normalized spacial score (nSPS) is 18.4. The smallest absolute Gasteiger partial charge is 0.200 e. The Bertz CT molecular complexity index is 490. The minimum absolute atomic E-state index is 0.0384. The van der Waals surface area contributed by atoms with E-state index in [2.05, 4.69) is 0 Å². The lowest BCUT2D eigenvalue weighted by molar-refractivity contribution is -0.125. The molecule has 19 heavy (non-hydrogen) atoms.